The fraction of sp³-hybridized carbons (Fsp3) is 0.250. The summed E-state index contributed by atoms with van der Waals surface area (Å²) < 4.78 is 1.97. The molecule has 0 N–H and O–H groups in total. The second-order valence-electron chi connectivity index (χ2n) is 8.02. The molecule has 11 heteroatoms. The third-order valence-electron chi connectivity index (χ3n) is 5.70. The maximum atomic E-state index is 13.0. The van der Waals surface area contributed by atoms with Crippen molar-refractivity contribution in [2.75, 3.05) is 31.1 Å². The lowest BCUT2D eigenvalue weighted by Gasteiger charge is -2.35. The molecule has 0 radical (unpaired) electrons. The number of aryl methyl sites for hydroxylation is 1. The third kappa shape index (κ3) is 5.48. The molecule has 0 atom stereocenters. The summed E-state index contributed by atoms with van der Waals surface area (Å²) in [5.74, 6) is 1.35. The number of carbonyl (C=O) groups is 1. The number of carbonyl (C=O) groups excluding carboxylic acids is 1. The van der Waals surface area contributed by atoms with Gasteiger partial charge in [0.25, 0.3) is 5.91 Å². The van der Waals surface area contributed by atoms with Crippen molar-refractivity contribution in [1.29, 1.82) is 0 Å². The van der Waals surface area contributed by atoms with Crippen molar-refractivity contribution in [2.24, 2.45) is 0 Å². The zero-order valence-electron chi connectivity index (χ0n) is 18.9. The summed E-state index contributed by atoms with van der Waals surface area (Å²) >= 11 is 15.3. The number of rotatable bonds is 6. The Morgan fingerprint density at radius 3 is 2.40 bits per heavy atom. The van der Waals surface area contributed by atoms with E-state index < -0.39 is 0 Å². The fourth-order valence-electron chi connectivity index (χ4n) is 3.95. The number of thioether (sulfide) groups is 1. The number of nitrogens with zero attached hydrogens (tertiary/aromatic N) is 6. The molecule has 1 aliphatic heterocycles. The van der Waals surface area contributed by atoms with Crippen molar-refractivity contribution in [3.63, 3.8) is 0 Å². The Labute approximate surface area is 221 Å². The van der Waals surface area contributed by atoms with Gasteiger partial charge in [-0.3, -0.25) is 9.36 Å². The van der Waals surface area contributed by atoms with Gasteiger partial charge in [-0.05, 0) is 43.3 Å². The van der Waals surface area contributed by atoms with Crippen LogP contribution in [-0.2, 0) is 5.75 Å². The van der Waals surface area contributed by atoms with Crippen LogP contribution in [-0.4, -0.2) is 56.7 Å². The van der Waals surface area contributed by atoms with Crippen LogP contribution in [0.5, 0.6) is 0 Å². The minimum atomic E-state index is -0.0267. The second kappa shape index (κ2) is 10.6. The number of hydrogen-bond donors (Lipinski definition) is 0. The van der Waals surface area contributed by atoms with Crippen LogP contribution in [0.4, 0.5) is 5.69 Å². The van der Waals surface area contributed by atoms with E-state index in [1.807, 2.05) is 70.3 Å². The Kier molecular flexibility index (Phi) is 7.29. The minimum absolute atomic E-state index is 0.0267. The molecule has 1 aliphatic rings. The predicted molar refractivity (Wildman–Crippen MR) is 142 cm³/mol. The molecule has 180 valence electrons. The Morgan fingerprint density at radius 1 is 1.00 bits per heavy atom. The normalized spacial score (nSPS) is 13.9. The highest BCUT2D eigenvalue weighted by atomic mass is 35.5. The molecule has 0 aliphatic carbocycles. The van der Waals surface area contributed by atoms with Crippen LogP contribution in [0.25, 0.3) is 5.69 Å². The number of amides is 1. The highest BCUT2D eigenvalue weighted by Crippen LogP contribution is 2.28. The van der Waals surface area contributed by atoms with Crippen molar-refractivity contribution >= 4 is 57.9 Å². The van der Waals surface area contributed by atoms with Crippen molar-refractivity contribution in [2.45, 2.75) is 17.8 Å². The number of piperazine rings is 1. The maximum Gasteiger partial charge on any atom is 0.273 e. The van der Waals surface area contributed by atoms with E-state index in [2.05, 4.69) is 20.1 Å². The van der Waals surface area contributed by atoms with Crippen LogP contribution in [0.3, 0.4) is 0 Å². The lowest BCUT2D eigenvalue weighted by atomic mass is 10.2. The summed E-state index contributed by atoms with van der Waals surface area (Å²) in [7, 11) is 0. The third-order valence-corrected chi connectivity index (χ3v) is 8.14. The Morgan fingerprint density at radius 2 is 1.69 bits per heavy atom. The summed E-state index contributed by atoms with van der Waals surface area (Å²) in [6, 6.07) is 15.4. The van der Waals surface area contributed by atoms with Gasteiger partial charge in [-0.15, -0.1) is 21.5 Å². The summed E-state index contributed by atoms with van der Waals surface area (Å²) in [4.78, 5) is 21.8. The topological polar surface area (TPSA) is 67.2 Å². The van der Waals surface area contributed by atoms with Gasteiger partial charge >= 0.3 is 0 Å². The molecule has 0 unspecified atom stereocenters. The molecule has 5 rings (SSSR count). The Hall–Kier alpha value is -2.59. The SMILES string of the molecule is Cc1nnc(SCc2nc(C(=O)N3CCN(c4cccc(Cl)c4)CC3)cs2)n1-c1cccc(Cl)c1. The first-order chi connectivity index (χ1) is 17.0. The standard InChI is InChI=1S/C24H22Cl2N6OS2/c1-16-28-29-24(32(16)20-7-3-5-18(26)13-20)35-15-22-27-21(14-34-22)23(33)31-10-8-30(9-11-31)19-6-2-4-17(25)12-19/h2-7,12-14H,8-11,15H2,1H3. The van der Waals surface area contributed by atoms with Crippen molar-refractivity contribution in [1.82, 2.24) is 24.6 Å². The largest absolute Gasteiger partial charge is 0.368 e. The lowest BCUT2D eigenvalue weighted by molar-refractivity contribution is 0.0741. The van der Waals surface area contributed by atoms with Gasteiger partial charge in [0, 0.05) is 47.3 Å². The molecule has 2 aromatic carbocycles. The molecule has 4 aromatic rings. The first-order valence-electron chi connectivity index (χ1n) is 11.0. The van der Waals surface area contributed by atoms with E-state index in [0.717, 1.165) is 45.5 Å². The van der Waals surface area contributed by atoms with E-state index in [0.29, 0.717) is 29.6 Å². The molecular weight excluding hydrogens is 523 g/mol. The van der Waals surface area contributed by atoms with Crippen molar-refractivity contribution in [3.05, 3.63) is 80.5 Å². The number of thiazole rings is 1. The summed E-state index contributed by atoms with van der Waals surface area (Å²) in [5.41, 5.74) is 2.49. The van der Waals surface area contributed by atoms with Gasteiger partial charge in [-0.2, -0.15) is 0 Å². The van der Waals surface area contributed by atoms with Gasteiger partial charge in [0.2, 0.25) is 0 Å². The fourth-order valence-corrected chi connectivity index (χ4v) is 6.11. The van der Waals surface area contributed by atoms with Gasteiger partial charge in [-0.1, -0.05) is 47.1 Å². The molecular formula is C24H22Cl2N6OS2. The molecule has 3 heterocycles. The van der Waals surface area contributed by atoms with Crippen LogP contribution in [0.2, 0.25) is 10.0 Å². The second-order valence-corrected chi connectivity index (χ2v) is 10.8. The minimum Gasteiger partial charge on any atom is -0.368 e. The maximum absolute atomic E-state index is 13.0. The number of anilines is 1. The average molecular weight is 546 g/mol. The molecule has 1 amide bonds. The zero-order chi connectivity index (χ0) is 24.4. The Balaban J connectivity index is 1.20. The number of hydrogen-bond acceptors (Lipinski definition) is 7. The average Bonchev–Trinajstić information content (AvgIpc) is 3.49. The molecule has 0 bridgehead atoms. The molecule has 0 spiro atoms. The summed E-state index contributed by atoms with van der Waals surface area (Å²) in [5, 5.41) is 13.4. The molecule has 7 nitrogen and oxygen atoms in total. The number of halogens is 2. The summed E-state index contributed by atoms with van der Waals surface area (Å²) in [6.45, 7) is 4.73. The molecule has 35 heavy (non-hydrogen) atoms. The van der Waals surface area contributed by atoms with Crippen LogP contribution in [0, 0.1) is 6.92 Å². The smallest absolute Gasteiger partial charge is 0.273 e. The highest BCUT2D eigenvalue weighted by Gasteiger charge is 2.24. The Bertz CT molecular complexity index is 1350. The van der Waals surface area contributed by atoms with Crippen molar-refractivity contribution in [3.8, 4) is 5.69 Å². The summed E-state index contributed by atoms with van der Waals surface area (Å²) in [6.07, 6.45) is 0. The van der Waals surface area contributed by atoms with Crippen LogP contribution in [0.15, 0.2) is 59.1 Å². The van der Waals surface area contributed by atoms with Crippen LogP contribution >= 0.6 is 46.3 Å². The van der Waals surface area contributed by atoms with E-state index >= 15 is 0 Å². The van der Waals surface area contributed by atoms with Gasteiger partial charge < -0.3 is 9.80 Å². The van der Waals surface area contributed by atoms with Gasteiger partial charge in [0.05, 0.1) is 11.4 Å². The van der Waals surface area contributed by atoms with E-state index in [-0.39, 0.29) is 5.91 Å². The molecule has 2 aromatic heterocycles. The first-order valence-corrected chi connectivity index (χ1v) is 13.6. The highest BCUT2D eigenvalue weighted by molar-refractivity contribution is 7.98. The van der Waals surface area contributed by atoms with Crippen LogP contribution < -0.4 is 4.90 Å². The van der Waals surface area contributed by atoms with Gasteiger partial charge in [-0.25, -0.2) is 4.98 Å². The van der Waals surface area contributed by atoms with Gasteiger partial charge in [0.15, 0.2) is 5.16 Å². The predicted octanol–water partition coefficient (Wildman–Crippen LogP) is 5.59. The zero-order valence-corrected chi connectivity index (χ0v) is 22.0. The molecule has 1 saturated heterocycles. The number of benzene rings is 2. The molecule has 1 fully saturated rings. The van der Waals surface area contributed by atoms with E-state index in [1.165, 1.54) is 23.1 Å². The monoisotopic (exact) mass is 544 g/mol. The number of aromatic nitrogens is 4. The van der Waals surface area contributed by atoms with Gasteiger partial charge in [0.1, 0.15) is 16.5 Å². The van der Waals surface area contributed by atoms with Crippen molar-refractivity contribution < 1.29 is 4.79 Å². The molecule has 0 saturated carbocycles. The lowest BCUT2D eigenvalue weighted by Crippen LogP contribution is -2.48. The van der Waals surface area contributed by atoms with Crippen LogP contribution in [0.1, 0.15) is 21.3 Å². The first kappa shape index (κ1) is 24.1. The quantitative estimate of drug-likeness (QED) is 0.294. The van der Waals surface area contributed by atoms with E-state index in [1.54, 1.807) is 0 Å². The van der Waals surface area contributed by atoms with E-state index in [4.69, 9.17) is 23.2 Å². The van der Waals surface area contributed by atoms with E-state index in [9.17, 15) is 4.79 Å².